The van der Waals surface area contributed by atoms with Crippen LogP contribution < -0.4 is 0 Å². The van der Waals surface area contributed by atoms with Crippen LogP contribution in [0.1, 0.15) is 17.3 Å². The lowest BCUT2D eigenvalue weighted by Gasteiger charge is -2.27. The molecule has 0 N–H and O–H groups in total. The Morgan fingerprint density at radius 3 is 1.49 bits per heavy atom. The first-order chi connectivity index (χ1) is 16.6. The first-order valence-electron chi connectivity index (χ1n) is 9.05. The van der Waals surface area contributed by atoms with Gasteiger partial charge in [0.15, 0.2) is 79.9 Å². The largest absolute Gasteiger partial charge is 0.502 e. The minimum absolute atomic E-state index is 2.48. The van der Waals surface area contributed by atoms with E-state index in [0.29, 0.717) is 0 Å². The number of rotatable bonds is 3. The van der Waals surface area contributed by atoms with E-state index in [9.17, 15) is 73.9 Å². The standard InChI is InChI=1S/C17H6F14O4S2/c18-4-1-2(7(21)10(24)9(23)6(1)20)5(19)8(22)3(4)16(37(34,35)17(29,30)31)36(32,33)15-13(27)11(25)12(26)14(15)28/h4,11-15H/b16-3+. The van der Waals surface area contributed by atoms with Crippen LogP contribution in [-0.4, -0.2) is 52.3 Å². The van der Waals surface area contributed by atoms with Crippen molar-refractivity contribution < 1.29 is 78.3 Å². The Labute approximate surface area is 196 Å². The summed E-state index contributed by atoms with van der Waals surface area (Å²) in [6.07, 6.45) is -19.9. The molecule has 1 aromatic carbocycles. The van der Waals surface area contributed by atoms with Gasteiger partial charge in [0.1, 0.15) is 5.25 Å². The maximum Gasteiger partial charge on any atom is 0.502 e. The number of hydrogen-bond donors (Lipinski definition) is 0. The molecule has 1 saturated carbocycles. The molecule has 0 amide bonds. The second-order valence-corrected chi connectivity index (χ2v) is 11.7. The summed E-state index contributed by atoms with van der Waals surface area (Å²) >= 11 is 0. The Bertz CT molecular complexity index is 1430. The molecule has 0 heterocycles. The van der Waals surface area contributed by atoms with Crippen LogP contribution in [0.2, 0.25) is 0 Å². The van der Waals surface area contributed by atoms with Gasteiger partial charge in [-0.1, -0.05) is 0 Å². The Morgan fingerprint density at radius 1 is 0.622 bits per heavy atom. The maximum atomic E-state index is 15.1. The van der Waals surface area contributed by atoms with Gasteiger partial charge < -0.3 is 0 Å². The summed E-state index contributed by atoms with van der Waals surface area (Å²) in [5, 5.41) is -4.08. The smallest absolute Gasteiger partial charge is 0.243 e. The van der Waals surface area contributed by atoms with Gasteiger partial charge >= 0.3 is 5.51 Å². The molecule has 3 rings (SSSR count). The highest BCUT2D eigenvalue weighted by Gasteiger charge is 2.64. The van der Waals surface area contributed by atoms with Crippen molar-refractivity contribution in [3.05, 3.63) is 50.0 Å². The molecular weight excluding hydrogens is 598 g/mol. The molecule has 2 aliphatic carbocycles. The van der Waals surface area contributed by atoms with Crippen LogP contribution in [0.3, 0.4) is 0 Å². The fraction of sp³-hybridized carbons (Fsp3) is 0.412. The number of fused-ring (bicyclic) bond motifs is 1. The minimum atomic E-state index is -7.80. The third-order valence-electron chi connectivity index (χ3n) is 5.38. The zero-order valence-corrected chi connectivity index (χ0v) is 18.3. The second kappa shape index (κ2) is 8.84. The van der Waals surface area contributed by atoms with E-state index in [-0.39, 0.29) is 0 Å². The van der Waals surface area contributed by atoms with Crippen LogP contribution in [-0.2, 0) is 19.7 Å². The summed E-state index contributed by atoms with van der Waals surface area (Å²) in [6.45, 7) is 0. The number of benzene rings is 1. The van der Waals surface area contributed by atoms with Crippen LogP contribution in [0.4, 0.5) is 61.5 Å². The fourth-order valence-corrected chi connectivity index (χ4v) is 7.95. The number of halogens is 14. The zero-order valence-electron chi connectivity index (χ0n) is 16.7. The summed E-state index contributed by atoms with van der Waals surface area (Å²) in [5.41, 5.74) is -15.2. The van der Waals surface area contributed by atoms with Crippen molar-refractivity contribution in [2.24, 2.45) is 0 Å². The van der Waals surface area contributed by atoms with Gasteiger partial charge in [0.2, 0.25) is 0 Å². The van der Waals surface area contributed by atoms with Gasteiger partial charge in [-0.05, 0) is 0 Å². The number of sulfone groups is 2. The minimum Gasteiger partial charge on any atom is -0.243 e. The van der Waals surface area contributed by atoms with Crippen molar-refractivity contribution in [3.8, 4) is 0 Å². The summed E-state index contributed by atoms with van der Waals surface area (Å²) in [7, 11) is -15.0. The Kier molecular flexibility index (Phi) is 6.97. The number of hydrogen-bond acceptors (Lipinski definition) is 4. The van der Waals surface area contributed by atoms with Crippen LogP contribution in [0, 0.1) is 23.3 Å². The van der Waals surface area contributed by atoms with Crippen molar-refractivity contribution in [2.75, 3.05) is 0 Å². The molecule has 5 atom stereocenters. The Morgan fingerprint density at radius 2 is 1.05 bits per heavy atom. The number of allylic oxidation sites excluding steroid dienone is 2. The first kappa shape index (κ1) is 29.2. The maximum absolute atomic E-state index is 15.1. The van der Waals surface area contributed by atoms with Crippen LogP contribution >= 0.6 is 0 Å². The van der Waals surface area contributed by atoms with E-state index >= 15 is 4.39 Å². The lowest BCUT2D eigenvalue weighted by Crippen LogP contribution is -2.41. The Balaban J connectivity index is 2.56. The monoisotopic (exact) mass is 604 g/mol. The third kappa shape index (κ3) is 3.92. The van der Waals surface area contributed by atoms with Crippen LogP contribution in [0.5, 0.6) is 0 Å². The van der Waals surface area contributed by atoms with E-state index in [4.69, 9.17) is 0 Å². The summed E-state index contributed by atoms with van der Waals surface area (Å²) in [6, 6.07) is 0. The first-order valence-corrected chi connectivity index (χ1v) is 12.1. The van der Waals surface area contributed by atoms with Crippen molar-refractivity contribution in [2.45, 2.75) is 41.6 Å². The van der Waals surface area contributed by atoms with E-state index in [2.05, 4.69) is 0 Å². The van der Waals surface area contributed by atoms with Gasteiger partial charge in [0.05, 0.1) is 11.1 Å². The van der Waals surface area contributed by atoms with Crippen molar-refractivity contribution in [1.29, 1.82) is 0 Å². The van der Waals surface area contributed by atoms with E-state index in [1.54, 1.807) is 0 Å². The molecule has 0 aromatic heterocycles. The topological polar surface area (TPSA) is 68.3 Å². The molecule has 0 aliphatic heterocycles. The predicted molar refractivity (Wildman–Crippen MR) is 93.6 cm³/mol. The second-order valence-electron chi connectivity index (χ2n) is 7.47. The highest BCUT2D eigenvalue weighted by atomic mass is 32.3. The van der Waals surface area contributed by atoms with Crippen molar-refractivity contribution >= 4 is 25.5 Å². The van der Waals surface area contributed by atoms with E-state index in [1.807, 2.05) is 0 Å². The van der Waals surface area contributed by atoms with Crippen molar-refractivity contribution in [1.82, 2.24) is 0 Å². The van der Waals surface area contributed by atoms with Gasteiger partial charge in [-0.3, -0.25) is 0 Å². The van der Waals surface area contributed by atoms with E-state index < -0.39 is 117 Å². The molecular formula is C17H6F14O4S2. The molecule has 5 unspecified atom stereocenters. The van der Waals surface area contributed by atoms with E-state index in [1.165, 1.54) is 0 Å². The predicted octanol–water partition coefficient (Wildman–Crippen LogP) is 5.17. The molecule has 37 heavy (non-hydrogen) atoms. The summed E-state index contributed by atoms with van der Waals surface area (Å²) in [4.78, 5) is 0. The van der Waals surface area contributed by atoms with Gasteiger partial charge in [0.25, 0.3) is 9.84 Å². The molecule has 2 aliphatic rings. The van der Waals surface area contributed by atoms with Crippen LogP contribution in [0.25, 0.3) is 5.83 Å². The molecule has 1 fully saturated rings. The Hall–Kier alpha value is -2.38. The normalized spacial score (nSPS) is 30.5. The average Bonchev–Trinajstić information content (AvgIpc) is 2.97. The highest BCUT2D eigenvalue weighted by Crippen LogP contribution is 2.52. The zero-order chi connectivity index (χ0) is 28.7. The lowest BCUT2D eigenvalue weighted by molar-refractivity contribution is -0.0425. The van der Waals surface area contributed by atoms with Crippen LogP contribution in [0.15, 0.2) is 15.6 Å². The molecule has 0 radical (unpaired) electrons. The summed E-state index contributed by atoms with van der Waals surface area (Å²) < 4.78 is 240. The molecule has 4 nitrogen and oxygen atoms in total. The van der Waals surface area contributed by atoms with Gasteiger partial charge in [-0.15, -0.1) is 0 Å². The highest BCUT2D eigenvalue weighted by molar-refractivity contribution is 8.15. The number of alkyl halides is 8. The lowest BCUT2D eigenvalue weighted by atomic mass is 9.89. The van der Waals surface area contributed by atoms with Gasteiger partial charge in [0, 0.05) is 5.56 Å². The average molecular weight is 604 g/mol. The fourth-order valence-electron chi connectivity index (χ4n) is 3.69. The van der Waals surface area contributed by atoms with Gasteiger partial charge in [-0.25, -0.2) is 65.1 Å². The molecule has 208 valence electrons. The SMILES string of the molecule is O=S(=O)(/C(=C1\C(F)=C(F)c2c(F)c(F)c(F)c(F)c2C1F)S(=O)(=O)C(F)(F)F)C1C(F)C(F)C(F)C1F. The third-order valence-corrected chi connectivity index (χ3v) is 10.0. The summed E-state index contributed by atoms with van der Waals surface area (Å²) in [5.74, 6) is -18.4. The molecule has 0 saturated heterocycles. The van der Waals surface area contributed by atoms with Gasteiger partial charge in [-0.2, -0.15) is 13.2 Å². The molecule has 0 bridgehead atoms. The quantitative estimate of drug-likeness (QED) is 0.272. The molecule has 20 heteroatoms. The van der Waals surface area contributed by atoms with E-state index in [0.717, 1.165) is 0 Å². The molecule has 1 aromatic rings. The molecule has 0 spiro atoms. The van der Waals surface area contributed by atoms with Crippen molar-refractivity contribution in [3.63, 3.8) is 0 Å².